The van der Waals surface area contributed by atoms with Crippen molar-refractivity contribution >= 4 is 0 Å². The molecule has 0 aliphatic carbocycles. The fraction of sp³-hybridized carbons (Fsp3) is 0.333. The number of phenolic OH excluding ortho intramolecular Hbond substituents is 1. The molecule has 0 aromatic heterocycles. The molecule has 0 saturated carbocycles. The summed E-state index contributed by atoms with van der Waals surface area (Å²) in [6, 6.07) is 12.4. The smallest absolute Gasteiger partial charge is 0.126 e. The van der Waals surface area contributed by atoms with Gasteiger partial charge >= 0.3 is 0 Å². The van der Waals surface area contributed by atoms with Crippen LogP contribution in [-0.2, 0) is 19.3 Å². The van der Waals surface area contributed by atoms with Gasteiger partial charge in [0.2, 0.25) is 0 Å². The van der Waals surface area contributed by atoms with Gasteiger partial charge in [-0.3, -0.25) is 0 Å². The third kappa shape index (κ3) is 2.51. The molecule has 2 rings (SSSR count). The fourth-order valence-electron chi connectivity index (χ4n) is 2.73. The molecule has 0 radical (unpaired) electrons. The van der Waals surface area contributed by atoms with Gasteiger partial charge in [-0.1, -0.05) is 57.2 Å². The van der Waals surface area contributed by atoms with E-state index in [1.165, 1.54) is 11.1 Å². The number of benzene rings is 2. The highest BCUT2D eigenvalue weighted by Crippen LogP contribution is 2.38. The monoisotopic (exact) mass is 254 g/mol. The van der Waals surface area contributed by atoms with Crippen LogP contribution in [0.5, 0.6) is 5.75 Å². The van der Waals surface area contributed by atoms with Crippen LogP contribution in [0, 0.1) is 0 Å². The third-order valence-electron chi connectivity index (χ3n) is 3.76. The van der Waals surface area contributed by atoms with Gasteiger partial charge in [0.15, 0.2) is 0 Å². The van der Waals surface area contributed by atoms with Crippen molar-refractivity contribution in [3.05, 3.63) is 53.1 Å². The molecule has 0 saturated heterocycles. The van der Waals surface area contributed by atoms with Crippen LogP contribution in [0.1, 0.15) is 37.5 Å². The lowest BCUT2D eigenvalue weighted by Crippen LogP contribution is -1.99. The molecule has 0 atom stereocenters. The van der Waals surface area contributed by atoms with Crippen molar-refractivity contribution in [2.45, 2.75) is 40.0 Å². The zero-order valence-electron chi connectivity index (χ0n) is 12.0. The van der Waals surface area contributed by atoms with Crippen molar-refractivity contribution < 1.29 is 5.11 Å². The lowest BCUT2D eigenvalue weighted by Gasteiger charge is -2.18. The second-order valence-electron chi connectivity index (χ2n) is 4.82. The Labute approximate surface area is 115 Å². The Bertz CT molecular complexity index is 556. The van der Waals surface area contributed by atoms with Crippen LogP contribution < -0.4 is 0 Å². The number of rotatable bonds is 4. The predicted octanol–water partition coefficient (Wildman–Crippen LogP) is 4.75. The van der Waals surface area contributed by atoms with Gasteiger partial charge in [0.25, 0.3) is 0 Å². The zero-order valence-corrected chi connectivity index (χ0v) is 12.0. The molecule has 0 unspecified atom stereocenters. The molecule has 2 aromatic carbocycles. The minimum absolute atomic E-state index is 0.461. The Kier molecular flexibility index (Phi) is 4.26. The van der Waals surface area contributed by atoms with Crippen molar-refractivity contribution in [2.24, 2.45) is 0 Å². The fourth-order valence-corrected chi connectivity index (χ4v) is 2.73. The summed E-state index contributed by atoms with van der Waals surface area (Å²) in [6.45, 7) is 6.43. The van der Waals surface area contributed by atoms with Gasteiger partial charge in [0.1, 0.15) is 5.75 Å². The minimum Gasteiger partial charge on any atom is -0.507 e. The average Bonchev–Trinajstić information content (AvgIpc) is 2.47. The first-order valence-electron chi connectivity index (χ1n) is 7.14. The first kappa shape index (κ1) is 13.7. The molecule has 0 heterocycles. The van der Waals surface area contributed by atoms with Crippen LogP contribution in [0.4, 0.5) is 0 Å². The summed E-state index contributed by atoms with van der Waals surface area (Å²) in [5, 5.41) is 10.6. The quantitative estimate of drug-likeness (QED) is 0.835. The van der Waals surface area contributed by atoms with E-state index >= 15 is 0 Å². The maximum absolute atomic E-state index is 10.6. The van der Waals surface area contributed by atoms with Gasteiger partial charge in [0.05, 0.1) is 0 Å². The van der Waals surface area contributed by atoms with E-state index in [1.54, 1.807) is 0 Å². The van der Waals surface area contributed by atoms with E-state index in [-0.39, 0.29) is 0 Å². The molecule has 1 heteroatoms. The Morgan fingerprint density at radius 1 is 0.842 bits per heavy atom. The summed E-state index contributed by atoms with van der Waals surface area (Å²) in [7, 11) is 0. The highest BCUT2D eigenvalue weighted by Gasteiger charge is 2.16. The van der Waals surface area contributed by atoms with Gasteiger partial charge < -0.3 is 5.11 Å². The Morgan fingerprint density at radius 2 is 1.47 bits per heavy atom. The molecule has 100 valence electrons. The second kappa shape index (κ2) is 5.92. The molecule has 0 bridgehead atoms. The van der Waals surface area contributed by atoms with Crippen molar-refractivity contribution in [2.75, 3.05) is 0 Å². The summed E-state index contributed by atoms with van der Waals surface area (Å²) in [4.78, 5) is 0. The highest BCUT2D eigenvalue weighted by atomic mass is 16.3. The van der Waals surface area contributed by atoms with E-state index in [9.17, 15) is 5.11 Å². The Morgan fingerprint density at radius 3 is 2.00 bits per heavy atom. The van der Waals surface area contributed by atoms with Gasteiger partial charge in [-0.15, -0.1) is 0 Å². The predicted molar refractivity (Wildman–Crippen MR) is 81.7 cm³/mol. The molecular formula is C18H22O. The summed E-state index contributed by atoms with van der Waals surface area (Å²) in [5.74, 6) is 0.461. The van der Waals surface area contributed by atoms with E-state index in [0.717, 1.165) is 36.0 Å². The van der Waals surface area contributed by atoms with E-state index in [4.69, 9.17) is 0 Å². The van der Waals surface area contributed by atoms with Crippen LogP contribution in [0.3, 0.4) is 0 Å². The average molecular weight is 254 g/mol. The number of aromatic hydroxyl groups is 1. The van der Waals surface area contributed by atoms with Crippen LogP contribution in [0.2, 0.25) is 0 Å². The lowest BCUT2D eigenvalue weighted by atomic mass is 9.88. The standard InChI is InChI=1S/C18H22O/c1-4-13-12-14(5-2)18(19)17(16(13)6-3)15-10-8-7-9-11-15/h7-12,19H,4-6H2,1-3H3. The molecule has 19 heavy (non-hydrogen) atoms. The Hall–Kier alpha value is -1.76. The molecule has 2 aromatic rings. The summed E-state index contributed by atoms with van der Waals surface area (Å²) >= 11 is 0. The van der Waals surface area contributed by atoms with E-state index in [0.29, 0.717) is 5.75 Å². The summed E-state index contributed by atoms with van der Waals surface area (Å²) in [6.07, 6.45) is 2.82. The van der Waals surface area contributed by atoms with Crippen molar-refractivity contribution in [1.82, 2.24) is 0 Å². The van der Waals surface area contributed by atoms with Gasteiger partial charge in [-0.2, -0.15) is 0 Å². The summed E-state index contributed by atoms with van der Waals surface area (Å²) in [5.41, 5.74) is 5.83. The van der Waals surface area contributed by atoms with Crippen LogP contribution in [0.25, 0.3) is 11.1 Å². The SMILES string of the molecule is CCc1cc(CC)c(CC)c(-c2ccccc2)c1O. The van der Waals surface area contributed by atoms with E-state index < -0.39 is 0 Å². The number of hydrogen-bond donors (Lipinski definition) is 1. The van der Waals surface area contributed by atoms with Crippen LogP contribution in [0.15, 0.2) is 36.4 Å². The maximum atomic E-state index is 10.6. The molecule has 0 aliphatic rings. The van der Waals surface area contributed by atoms with Crippen molar-refractivity contribution in [1.29, 1.82) is 0 Å². The molecule has 0 spiro atoms. The number of aryl methyl sites for hydroxylation is 2. The van der Waals surface area contributed by atoms with E-state index in [1.807, 2.05) is 18.2 Å². The van der Waals surface area contributed by atoms with Crippen LogP contribution in [-0.4, -0.2) is 5.11 Å². The molecule has 0 aliphatic heterocycles. The minimum atomic E-state index is 0.461. The van der Waals surface area contributed by atoms with Gasteiger partial charge in [0, 0.05) is 5.56 Å². The second-order valence-corrected chi connectivity index (χ2v) is 4.82. The van der Waals surface area contributed by atoms with E-state index in [2.05, 4.69) is 39.0 Å². The highest BCUT2D eigenvalue weighted by molar-refractivity contribution is 5.76. The van der Waals surface area contributed by atoms with Crippen molar-refractivity contribution in [3.63, 3.8) is 0 Å². The molecule has 0 amide bonds. The third-order valence-corrected chi connectivity index (χ3v) is 3.76. The number of phenols is 1. The molecular weight excluding hydrogens is 232 g/mol. The maximum Gasteiger partial charge on any atom is 0.126 e. The first-order valence-corrected chi connectivity index (χ1v) is 7.14. The van der Waals surface area contributed by atoms with Gasteiger partial charge in [-0.25, -0.2) is 0 Å². The van der Waals surface area contributed by atoms with Crippen molar-refractivity contribution in [3.8, 4) is 16.9 Å². The molecule has 0 fully saturated rings. The lowest BCUT2D eigenvalue weighted by molar-refractivity contribution is 0.470. The number of hydrogen-bond acceptors (Lipinski definition) is 1. The van der Waals surface area contributed by atoms with Crippen LogP contribution >= 0.6 is 0 Å². The first-order chi connectivity index (χ1) is 9.22. The summed E-state index contributed by atoms with van der Waals surface area (Å²) < 4.78 is 0. The van der Waals surface area contributed by atoms with Gasteiger partial charge in [-0.05, 0) is 41.5 Å². The molecule has 1 N–H and O–H groups in total. The topological polar surface area (TPSA) is 20.2 Å². The molecule has 1 nitrogen and oxygen atoms in total. The largest absolute Gasteiger partial charge is 0.507 e. The Balaban J connectivity index is 2.76. The zero-order chi connectivity index (χ0) is 13.8. The normalized spacial score (nSPS) is 10.7.